The van der Waals surface area contributed by atoms with E-state index in [0.29, 0.717) is 5.92 Å². The van der Waals surface area contributed by atoms with Crippen molar-refractivity contribution in [1.29, 1.82) is 0 Å². The molecule has 19 heavy (non-hydrogen) atoms. The predicted octanol–water partition coefficient (Wildman–Crippen LogP) is 4.30. The Balaban J connectivity index is 1.97. The largest absolute Gasteiger partial charge is 0.390 e. The average molecular weight is 268 g/mol. The first kappa shape index (κ1) is 15.3. The van der Waals surface area contributed by atoms with Crippen LogP contribution in [-0.2, 0) is 4.74 Å². The number of ether oxygens (including phenoxy) is 1. The van der Waals surface area contributed by atoms with Gasteiger partial charge in [0.2, 0.25) is 0 Å². The van der Waals surface area contributed by atoms with Gasteiger partial charge in [0.25, 0.3) is 0 Å². The highest BCUT2D eigenvalue weighted by atomic mass is 16.5. The van der Waals surface area contributed by atoms with Crippen LogP contribution in [-0.4, -0.2) is 23.9 Å². The Morgan fingerprint density at radius 1 is 1.05 bits per heavy atom. The molecule has 0 heterocycles. The molecule has 2 aliphatic rings. The lowest BCUT2D eigenvalue weighted by molar-refractivity contribution is -0.138. The van der Waals surface area contributed by atoms with Gasteiger partial charge in [-0.05, 0) is 37.5 Å². The molecule has 2 nitrogen and oxygen atoms in total. The highest BCUT2D eigenvalue weighted by molar-refractivity contribution is 4.94. The molecule has 0 aromatic heterocycles. The Kier molecular flexibility index (Phi) is 5.70. The first-order chi connectivity index (χ1) is 9.22. The summed E-state index contributed by atoms with van der Waals surface area (Å²) in [6.45, 7) is 2.30. The van der Waals surface area contributed by atoms with Gasteiger partial charge in [0.05, 0.1) is 11.7 Å². The van der Waals surface area contributed by atoms with Crippen molar-refractivity contribution in [3.05, 3.63) is 0 Å². The van der Waals surface area contributed by atoms with Crippen molar-refractivity contribution < 1.29 is 9.84 Å². The van der Waals surface area contributed by atoms with E-state index in [9.17, 15) is 5.11 Å². The van der Waals surface area contributed by atoms with Gasteiger partial charge in [-0.1, -0.05) is 51.9 Å². The SMILES string of the molecule is CCC1CCC(C(O)C2(OC)CCCCCC2)CC1. The Morgan fingerprint density at radius 3 is 2.11 bits per heavy atom. The molecule has 1 N–H and O–H groups in total. The van der Waals surface area contributed by atoms with Crippen molar-refractivity contribution in [1.82, 2.24) is 0 Å². The van der Waals surface area contributed by atoms with E-state index in [1.807, 2.05) is 7.11 Å². The fraction of sp³-hybridized carbons (Fsp3) is 1.00. The Hall–Kier alpha value is -0.0800. The third-order valence-corrected chi connectivity index (χ3v) is 5.81. The zero-order chi connectivity index (χ0) is 13.7. The van der Waals surface area contributed by atoms with E-state index in [2.05, 4.69) is 6.92 Å². The molecule has 112 valence electrons. The van der Waals surface area contributed by atoms with E-state index in [4.69, 9.17) is 4.74 Å². The van der Waals surface area contributed by atoms with E-state index in [1.165, 1.54) is 57.8 Å². The van der Waals surface area contributed by atoms with Crippen LogP contribution in [0, 0.1) is 11.8 Å². The van der Waals surface area contributed by atoms with Crippen LogP contribution in [0.1, 0.15) is 77.6 Å². The molecule has 1 unspecified atom stereocenters. The Labute approximate surface area is 118 Å². The van der Waals surface area contributed by atoms with Crippen LogP contribution in [0.2, 0.25) is 0 Å². The van der Waals surface area contributed by atoms with Crippen molar-refractivity contribution in [3.8, 4) is 0 Å². The molecule has 0 radical (unpaired) electrons. The third-order valence-electron chi connectivity index (χ3n) is 5.81. The van der Waals surface area contributed by atoms with E-state index in [0.717, 1.165) is 18.8 Å². The van der Waals surface area contributed by atoms with Gasteiger partial charge < -0.3 is 9.84 Å². The minimum Gasteiger partial charge on any atom is -0.390 e. The van der Waals surface area contributed by atoms with Gasteiger partial charge in [-0.15, -0.1) is 0 Å². The smallest absolute Gasteiger partial charge is 0.0939 e. The minimum atomic E-state index is -0.242. The molecule has 0 aliphatic heterocycles. The molecule has 2 fully saturated rings. The van der Waals surface area contributed by atoms with Gasteiger partial charge in [-0.2, -0.15) is 0 Å². The minimum absolute atomic E-state index is 0.236. The first-order valence-corrected chi connectivity index (χ1v) is 8.45. The normalized spacial score (nSPS) is 33.6. The predicted molar refractivity (Wildman–Crippen MR) is 79.2 cm³/mol. The molecular formula is C17H32O2. The van der Waals surface area contributed by atoms with Gasteiger partial charge in [0, 0.05) is 7.11 Å². The second-order valence-corrected chi connectivity index (χ2v) is 6.82. The second-order valence-electron chi connectivity index (χ2n) is 6.82. The van der Waals surface area contributed by atoms with Crippen LogP contribution in [0.5, 0.6) is 0 Å². The lowest BCUT2D eigenvalue weighted by atomic mass is 9.72. The molecule has 2 heteroatoms. The van der Waals surface area contributed by atoms with E-state index in [-0.39, 0.29) is 11.7 Å². The van der Waals surface area contributed by atoms with Crippen molar-refractivity contribution >= 4 is 0 Å². The molecule has 0 saturated heterocycles. The average Bonchev–Trinajstić information content (AvgIpc) is 2.73. The number of methoxy groups -OCH3 is 1. The Morgan fingerprint density at radius 2 is 1.63 bits per heavy atom. The highest BCUT2D eigenvalue weighted by Crippen LogP contribution is 2.41. The van der Waals surface area contributed by atoms with Gasteiger partial charge in [0.1, 0.15) is 0 Å². The van der Waals surface area contributed by atoms with Crippen LogP contribution in [0.25, 0.3) is 0 Å². The van der Waals surface area contributed by atoms with Crippen LogP contribution < -0.4 is 0 Å². The summed E-state index contributed by atoms with van der Waals surface area (Å²) in [6.07, 6.45) is 13.2. The van der Waals surface area contributed by atoms with Crippen molar-refractivity contribution in [2.45, 2.75) is 89.3 Å². The Bertz CT molecular complexity index is 248. The summed E-state index contributed by atoms with van der Waals surface area (Å²) in [4.78, 5) is 0. The maximum absolute atomic E-state index is 10.9. The summed E-state index contributed by atoms with van der Waals surface area (Å²) in [6, 6.07) is 0. The summed E-state index contributed by atoms with van der Waals surface area (Å²) < 4.78 is 5.88. The van der Waals surface area contributed by atoms with Gasteiger partial charge in [0.15, 0.2) is 0 Å². The topological polar surface area (TPSA) is 29.5 Å². The summed E-state index contributed by atoms with van der Waals surface area (Å²) in [5.41, 5.74) is -0.236. The third kappa shape index (κ3) is 3.52. The van der Waals surface area contributed by atoms with Crippen molar-refractivity contribution in [2.75, 3.05) is 7.11 Å². The number of hydrogen-bond donors (Lipinski definition) is 1. The number of hydrogen-bond acceptors (Lipinski definition) is 2. The lowest BCUT2D eigenvalue weighted by Crippen LogP contribution is -2.48. The van der Waals surface area contributed by atoms with Gasteiger partial charge in [-0.25, -0.2) is 0 Å². The van der Waals surface area contributed by atoms with E-state index in [1.54, 1.807) is 0 Å². The van der Waals surface area contributed by atoms with Crippen LogP contribution in [0.4, 0.5) is 0 Å². The lowest BCUT2D eigenvalue weighted by Gasteiger charge is -2.42. The molecule has 2 saturated carbocycles. The van der Waals surface area contributed by atoms with Crippen molar-refractivity contribution in [3.63, 3.8) is 0 Å². The van der Waals surface area contributed by atoms with E-state index >= 15 is 0 Å². The molecule has 2 rings (SSSR count). The maximum atomic E-state index is 10.9. The zero-order valence-electron chi connectivity index (χ0n) is 12.9. The fourth-order valence-electron chi connectivity index (χ4n) is 4.29. The molecule has 1 atom stereocenters. The summed E-state index contributed by atoms with van der Waals surface area (Å²) in [5.74, 6) is 1.37. The zero-order valence-corrected chi connectivity index (χ0v) is 12.9. The second kappa shape index (κ2) is 7.08. The molecular weight excluding hydrogens is 236 g/mol. The molecule has 0 spiro atoms. The summed E-state index contributed by atoms with van der Waals surface area (Å²) in [5, 5.41) is 10.9. The molecule has 0 amide bonds. The molecule has 2 aliphatic carbocycles. The van der Waals surface area contributed by atoms with Crippen molar-refractivity contribution in [2.24, 2.45) is 11.8 Å². The van der Waals surface area contributed by atoms with Crippen LogP contribution >= 0.6 is 0 Å². The molecule has 0 aromatic rings. The van der Waals surface area contributed by atoms with E-state index < -0.39 is 0 Å². The molecule has 0 bridgehead atoms. The first-order valence-electron chi connectivity index (χ1n) is 8.45. The quantitative estimate of drug-likeness (QED) is 0.770. The van der Waals surface area contributed by atoms with Gasteiger partial charge in [-0.3, -0.25) is 0 Å². The monoisotopic (exact) mass is 268 g/mol. The summed E-state index contributed by atoms with van der Waals surface area (Å²) in [7, 11) is 1.81. The number of rotatable bonds is 4. The molecule has 0 aromatic carbocycles. The van der Waals surface area contributed by atoms with Gasteiger partial charge >= 0.3 is 0 Å². The fourth-order valence-corrected chi connectivity index (χ4v) is 4.29. The number of aliphatic hydroxyl groups excluding tert-OH is 1. The summed E-state index contributed by atoms with van der Waals surface area (Å²) >= 11 is 0. The number of aliphatic hydroxyl groups is 1. The van der Waals surface area contributed by atoms with Crippen LogP contribution in [0.3, 0.4) is 0 Å². The van der Waals surface area contributed by atoms with Crippen LogP contribution in [0.15, 0.2) is 0 Å². The standard InChI is InChI=1S/C17H32O2/c1-3-14-8-10-15(11-9-14)16(18)17(19-2)12-6-4-5-7-13-17/h14-16,18H,3-13H2,1-2H3. The highest BCUT2D eigenvalue weighted by Gasteiger charge is 2.42. The maximum Gasteiger partial charge on any atom is 0.0939 e.